The highest BCUT2D eigenvalue weighted by atomic mass is 16.5. The summed E-state index contributed by atoms with van der Waals surface area (Å²) < 4.78 is 5.41. The van der Waals surface area contributed by atoms with E-state index in [9.17, 15) is 4.79 Å². The van der Waals surface area contributed by atoms with Crippen molar-refractivity contribution in [2.45, 2.75) is 39.3 Å². The summed E-state index contributed by atoms with van der Waals surface area (Å²) in [6.45, 7) is 5.89. The van der Waals surface area contributed by atoms with Crippen LogP contribution in [0, 0.1) is 0 Å². The zero-order valence-corrected chi connectivity index (χ0v) is 12.1. The van der Waals surface area contributed by atoms with Crippen molar-refractivity contribution in [2.75, 3.05) is 13.7 Å². The number of amides is 1. The molecule has 1 heterocycles. The van der Waals surface area contributed by atoms with Gasteiger partial charge in [-0.15, -0.1) is 0 Å². The van der Waals surface area contributed by atoms with Crippen molar-refractivity contribution in [3.8, 4) is 5.75 Å². The summed E-state index contributed by atoms with van der Waals surface area (Å²) >= 11 is 0. The van der Waals surface area contributed by atoms with Gasteiger partial charge in [-0.2, -0.15) is 0 Å². The number of nitrogens with two attached hydrogens (primary N) is 1. The van der Waals surface area contributed by atoms with Crippen LogP contribution >= 0.6 is 0 Å². The Morgan fingerprint density at radius 1 is 1.42 bits per heavy atom. The Labute approximate surface area is 114 Å². The lowest BCUT2D eigenvalue weighted by Gasteiger charge is -2.21. The molecule has 0 saturated heterocycles. The fourth-order valence-corrected chi connectivity index (χ4v) is 1.48. The lowest BCUT2D eigenvalue weighted by Crippen LogP contribution is -2.36. The third kappa shape index (κ3) is 5.26. The van der Waals surface area contributed by atoms with E-state index in [0.29, 0.717) is 5.75 Å². The fraction of sp³-hybridized carbons (Fsp3) is 0.571. The largest absolute Gasteiger partial charge is 0.482 e. The number of ether oxygens (including phenoxy) is 1. The van der Waals surface area contributed by atoms with Gasteiger partial charge in [-0.3, -0.25) is 9.78 Å². The van der Waals surface area contributed by atoms with Gasteiger partial charge in [-0.05, 0) is 32.9 Å². The number of rotatable bonds is 6. The molecule has 5 nitrogen and oxygen atoms in total. The normalized spacial score (nSPS) is 12.3. The van der Waals surface area contributed by atoms with Crippen LogP contribution in [0.25, 0.3) is 0 Å². The van der Waals surface area contributed by atoms with Crippen LogP contribution in [0.15, 0.2) is 18.3 Å². The molecule has 0 aliphatic heterocycles. The van der Waals surface area contributed by atoms with Crippen molar-refractivity contribution < 1.29 is 9.53 Å². The molecule has 106 valence electrons. The maximum absolute atomic E-state index is 11.7. The standard InChI is InChI=1S/C14H23N3O2/c1-10(2)17(4)14(18)9-19-13-6-5-12(16-8-13)7-11(3)15/h5-6,8,10-11H,7,9,15H2,1-4H3. The number of pyridine rings is 1. The highest BCUT2D eigenvalue weighted by molar-refractivity contribution is 5.77. The average molecular weight is 265 g/mol. The molecular weight excluding hydrogens is 242 g/mol. The molecule has 0 aliphatic carbocycles. The number of hydrogen-bond acceptors (Lipinski definition) is 4. The van der Waals surface area contributed by atoms with Crippen LogP contribution in [0.4, 0.5) is 0 Å². The summed E-state index contributed by atoms with van der Waals surface area (Å²) in [7, 11) is 1.76. The van der Waals surface area contributed by atoms with Crippen molar-refractivity contribution in [1.29, 1.82) is 0 Å². The van der Waals surface area contributed by atoms with Gasteiger partial charge in [0.2, 0.25) is 0 Å². The van der Waals surface area contributed by atoms with Crippen LogP contribution in [-0.4, -0.2) is 41.5 Å². The number of carbonyl (C=O) groups is 1. The quantitative estimate of drug-likeness (QED) is 0.839. The molecule has 1 aromatic heterocycles. The summed E-state index contributed by atoms with van der Waals surface area (Å²) in [6.07, 6.45) is 2.36. The van der Waals surface area contributed by atoms with Gasteiger partial charge in [0.05, 0.1) is 6.20 Å². The van der Waals surface area contributed by atoms with Crippen molar-refractivity contribution in [3.63, 3.8) is 0 Å². The number of carbonyl (C=O) groups excluding carboxylic acids is 1. The predicted molar refractivity (Wildman–Crippen MR) is 75.0 cm³/mol. The molecule has 1 aromatic rings. The predicted octanol–water partition coefficient (Wildman–Crippen LogP) is 1.22. The lowest BCUT2D eigenvalue weighted by atomic mass is 10.2. The molecule has 0 bridgehead atoms. The van der Waals surface area contributed by atoms with Gasteiger partial charge in [-0.1, -0.05) is 0 Å². The van der Waals surface area contributed by atoms with E-state index in [0.717, 1.165) is 12.1 Å². The van der Waals surface area contributed by atoms with Gasteiger partial charge in [-0.25, -0.2) is 0 Å². The van der Waals surface area contributed by atoms with E-state index in [1.807, 2.05) is 32.9 Å². The molecule has 0 radical (unpaired) electrons. The monoisotopic (exact) mass is 265 g/mol. The van der Waals surface area contributed by atoms with Crippen LogP contribution in [0.3, 0.4) is 0 Å². The fourth-order valence-electron chi connectivity index (χ4n) is 1.48. The van der Waals surface area contributed by atoms with E-state index in [1.165, 1.54) is 0 Å². The smallest absolute Gasteiger partial charge is 0.260 e. The molecule has 0 aromatic carbocycles. The van der Waals surface area contributed by atoms with Crippen molar-refractivity contribution in [2.24, 2.45) is 5.73 Å². The van der Waals surface area contributed by atoms with Crippen molar-refractivity contribution >= 4 is 5.91 Å². The van der Waals surface area contributed by atoms with Gasteiger partial charge >= 0.3 is 0 Å². The molecule has 5 heteroatoms. The molecule has 0 saturated carbocycles. The third-order valence-electron chi connectivity index (χ3n) is 2.86. The van der Waals surface area contributed by atoms with E-state index in [4.69, 9.17) is 10.5 Å². The topological polar surface area (TPSA) is 68.5 Å². The molecule has 2 N–H and O–H groups in total. The van der Waals surface area contributed by atoms with Gasteiger partial charge in [0.15, 0.2) is 6.61 Å². The highest BCUT2D eigenvalue weighted by Gasteiger charge is 2.12. The Morgan fingerprint density at radius 2 is 2.11 bits per heavy atom. The first-order valence-corrected chi connectivity index (χ1v) is 6.49. The van der Waals surface area contributed by atoms with Gasteiger partial charge in [0.1, 0.15) is 5.75 Å². The number of likely N-dealkylation sites (N-methyl/N-ethyl adjacent to an activating group) is 1. The summed E-state index contributed by atoms with van der Waals surface area (Å²) in [5.41, 5.74) is 6.63. The van der Waals surface area contributed by atoms with E-state index < -0.39 is 0 Å². The van der Waals surface area contributed by atoms with E-state index in [-0.39, 0.29) is 24.6 Å². The zero-order valence-electron chi connectivity index (χ0n) is 12.1. The minimum absolute atomic E-state index is 0.0308. The number of hydrogen-bond donors (Lipinski definition) is 1. The molecule has 19 heavy (non-hydrogen) atoms. The van der Waals surface area contributed by atoms with E-state index >= 15 is 0 Å². The first-order chi connectivity index (χ1) is 8.90. The number of nitrogens with zero attached hydrogens (tertiary/aromatic N) is 2. The Bertz CT molecular complexity index is 402. The molecule has 1 unspecified atom stereocenters. The molecule has 0 fully saturated rings. The Balaban J connectivity index is 2.48. The van der Waals surface area contributed by atoms with Gasteiger partial charge in [0, 0.05) is 31.2 Å². The average Bonchev–Trinajstić information content (AvgIpc) is 2.35. The maximum Gasteiger partial charge on any atom is 0.260 e. The molecular formula is C14H23N3O2. The molecule has 1 amide bonds. The van der Waals surface area contributed by atoms with Crippen LogP contribution < -0.4 is 10.5 Å². The first kappa shape index (κ1) is 15.4. The van der Waals surface area contributed by atoms with Crippen LogP contribution in [0.1, 0.15) is 26.5 Å². The SMILES string of the molecule is CC(N)Cc1ccc(OCC(=O)N(C)C(C)C)cn1. The Kier molecular flexibility index (Phi) is 5.76. The van der Waals surface area contributed by atoms with Crippen LogP contribution in [0.2, 0.25) is 0 Å². The van der Waals surface area contributed by atoms with Gasteiger partial charge in [0.25, 0.3) is 5.91 Å². The molecule has 1 atom stereocenters. The Hall–Kier alpha value is -1.62. The Morgan fingerprint density at radius 3 is 2.58 bits per heavy atom. The van der Waals surface area contributed by atoms with Crippen molar-refractivity contribution in [3.05, 3.63) is 24.0 Å². The summed E-state index contributed by atoms with van der Waals surface area (Å²) in [5.74, 6) is 0.550. The third-order valence-corrected chi connectivity index (χ3v) is 2.86. The summed E-state index contributed by atoms with van der Waals surface area (Å²) in [6, 6.07) is 3.94. The van der Waals surface area contributed by atoms with Crippen molar-refractivity contribution in [1.82, 2.24) is 9.88 Å². The van der Waals surface area contributed by atoms with E-state index in [2.05, 4.69) is 4.98 Å². The first-order valence-electron chi connectivity index (χ1n) is 6.49. The second-order valence-electron chi connectivity index (χ2n) is 5.05. The van der Waals surface area contributed by atoms with E-state index in [1.54, 1.807) is 18.1 Å². The lowest BCUT2D eigenvalue weighted by molar-refractivity contribution is -0.133. The highest BCUT2D eigenvalue weighted by Crippen LogP contribution is 2.10. The summed E-state index contributed by atoms with van der Waals surface area (Å²) in [5, 5.41) is 0. The minimum atomic E-state index is -0.0466. The second kappa shape index (κ2) is 7.09. The van der Waals surface area contributed by atoms with Gasteiger partial charge < -0.3 is 15.4 Å². The molecule has 1 rings (SSSR count). The second-order valence-corrected chi connectivity index (χ2v) is 5.05. The minimum Gasteiger partial charge on any atom is -0.482 e. The zero-order chi connectivity index (χ0) is 14.4. The maximum atomic E-state index is 11.7. The van der Waals surface area contributed by atoms with Crippen LogP contribution in [-0.2, 0) is 11.2 Å². The molecule has 0 aliphatic rings. The summed E-state index contributed by atoms with van der Waals surface area (Å²) in [4.78, 5) is 17.6. The van der Waals surface area contributed by atoms with Crippen LogP contribution in [0.5, 0.6) is 5.75 Å². The molecule has 0 spiro atoms. The number of aromatic nitrogens is 1.